The number of hydrogen-bond acceptors (Lipinski definition) is 6. The predicted octanol–water partition coefficient (Wildman–Crippen LogP) is 2.55. The van der Waals surface area contributed by atoms with Crippen LogP contribution in [0.1, 0.15) is 22.8 Å². The number of aliphatic hydroxyl groups is 1. The SMILES string of the molecule is CS(=O)(=O)NS(=O)(=CF)c1ccc(Oc2cc(F)cc(C#N)c2)c2c1C(O)C(F)(F)C2. The standard InChI is InChI=1S/C18H14F4N2O5S2/c1-30(26,27)24-31(28,9-19)15-3-2-14(13-7-18(21,22)17(25)16(13)15)29-12-5-10(8-23)4-11(20)6-12/h2-6,9,17,25H,7H2,1H3,(H,24,28). The Balaban J connectivity index is 2.20. The van der Waals surface area contributed by atoms with Gasteiger partial charge in [-0.25, -0.2) is 30.2 Å². The van der Waals surface area contributed by atoms with Crippen LogP contribution in [0.2, 0.25) is 0 Å². The summed E-state index contributed by atoms with van der Waals surface area (Å²) >= 11 is 0. The summed E-state index contributed by atoms with van der Waals surface area (Å²) < 4.78 is 98.7. The van der Waals surface area contributed by atoms with Crippen molar-refractivity contribution in [1.82, 2.24) is 4.13 Å². The number of nitrogens with one attached hydrogen (secondary N) is 1. The minimum absolute atomic E-state index is 0.110. The van der Waals surface area contributed by atoms with Gasteiger partial charge in [-0.3, -0.25) is 0 Å². The molecule has 0 saturated heterocycles. The molecule has 2 unspecified atom stereocenters. The van der Waals surface area contributed by atoms with Crippen LogP contribution >= 0.6 is 0 Å². The molecule has 31 heavy (non-hydrogen) atoms. The van der Waals surface area contributed by atoms with Crippen molar-refractivity contribution in [2.45, 2.75) is 23.3 Å². The molecule has 7 nitrogen and oxygen atoms in total. The third-order valence-corrected chi connectivity index (χ3v) is 7.78. The lowest BCUT2D eigenvalue weighted by molar-refractivity contribution is -0.0976. The number of hydrogen-bond donors (Lipinski definition) is 2. The first kappa shape index (κ1) is 23.0. The maximum atomic E-state index is 14.3. The number of benzene rings is 2. The first-order valence-corrected chi connectivity index (χ1v) is 11.9. The molecule has 1 aliphatic carbocycles. The smallest absolute Gasteiger partial charge is 0.281 e. The van der Waals surface area contributed by atoms with Gasteiger partial charge in [-0.2, -0.15) is 5.26 Å². The third-order valence-electron chi connectivity index (χ3n) is 4.32. The Hall–Kier alpha value is -2.66. The summed E-state index contributed by atoms with van der Waals surface area (Å²) in [6, 6.07) is 6.50. The summed E-state index contributed by atoms with van der Waals surface area (Å²) in [4.78, 5) is -0.704. The number of fused-ring (bicyclic) bond motifs is 1. The molecule has 0 aliphatic heterocycles. The lowest BCUT2D eigenvalue weighted by atomic mass is 10.1. The van der Waals surface area contributed by atoms with Gasteiger partial charge in [-0.05, 0) is 24.3 Å². The van der Waals surface area contributed by atoms with E-state index in [1.807, 2.05) is 0 Å². The van der Waals surface area contributed by atoms with Crippen LogP contribution in [-0.4, -0.2) is 35.5 Å². The van der Waals surface area contributed by atoms with E-state index in [1.54, 1.807) is 10.2 Å². The predicted molar refractivity (Wildman–Crippen MR) is 103 cm³/mol. The second-order valence-corrected chi connectivity index (χ2v) is 10.8. The molecule has 2 atom stereocenters. The Bertz CT molecular complexity index is 1330. The van der Waals surface area contributed by atoms with E-state index in [1.165, 1.54) is 0 Å². The fourth-order valence-corrected chi connectivity index (χ4v) is 6.39. The van der Waals surface area contributed by atoms with Gasteiger partial charge in [0.15, 0.2) is 5.62 Å². The van der Waals surface area contributed by atoms with Gasteiger partial charge in [0.1, 0.15) is 33.1 Å². The molecular formula is C18H14F4N2O5S2. The van der Waals surface area contributed by atoms with Crippen LogP contribution in [-0.2, 0) is 26.2 Å². The number of sulfonamides is 1. The van der Waals surface area contributed by atoms with Crippen LogP contribution in [0.4, 0.5) is 17.6 Å². The first-order chi connectivity index (χ1) is 14.3. The lowest BCUT2D eigenvalue weighted by Gasteiger charge is -2.19. The van der Waals surface area contributed by atoms with Gasteiger partial charge in [0.25, 0.3) is 5.92 Å². The summed E-state index contributed by atoms with van der Waals surface area (Å²) in [5.41, 5.74) is -1.64. The average molecular weight is 478 g/mol. The average Bonchev–Trinajstić information content (AvgIpc) is 2.90. The second-order valence-electron chi connectivity index (χ2n) is 6.73. The lowest BCUT2D eigenvalue weighted by Crippen LogP contribution is -2.32. The maximum Gasteiger partial charge on any atom is 0.281 e. The van der Waals surface area contributed by atoms with Gasteiger partial charge in [-0.1, -0.05) is 0 Å². The van der Waals surface area contributed by atoms with Crippen molar-refractivity contribution in [3.05, 3.63) is 52.8 Å². The van der Waals surface area contributed by atoms with Crippen LogP contribution < -0.4 is 8.86 Å². The molecule has 2 aromatic carbocycles. The van der Waals surface area contributed by atoms with Gasteiger partial charge in [0, 0.05) is 23.6 Å². The first-order valence-electron chi connectivity index (χ1n) is 8.36. The van der Waals surface area contributed by atoms with Gasteiger partial charge in [0.05, 0.1) is 22.8 Å². The van der Waals surface area contributed by atoms with Crippen LogP contribution in [0.3, 0.4) is 0 Å². The topological polar surface area (TPSA) is 116 Å². The number of halogens is 4. The Labute approximate surface area is 175 Å². The maximum absolute atomic E-state index is 14.3. The normalized spacial score (nSPS) is 19.2. The highest BCUT2D eigenvalue weighted by atomic mass is 32.3. The number of alkyl halides is 2. The number of ether oxygens (including phenoxy) is 1. The van der Waals surface area contributed by atoms with Gasteiger partial charge < -0.3 is 9.84 Å². The molecule has 0 radical (unpaired) electrons. The van der Waals surface area contributed by atoms with Crippen LogP contribution in [0.15, 0.2) is 35.2 Å². The number of aliphatic hydroxyl groups excluding tert-OH is 1. The van der Waals surface area contributed by atoms with E-state index in [0.717, 1.165) is 30.3 Å². The van der Waals surface area contributed by atoms with E-state index in [-0.39, 0.29) is 22.6 Å². The monoisotopic (exact) mass is 478 g/mol. The Morgan fingerprint density at radius 2 is 1.97 bits per heavy atom. The van der Waals surface area contributed by atoms with Crippen LogP contribution in [0, 0.1) is 17.1 Å². The molecule has 2 N–H and O–H groups in total. The zero-order valence-electron chi connectivity index (χ0n) is 15.6. The van der Waals surface area contributed by atoms with E-state index in [2.05, 4.69) is 0 Å². The zero-order chi connectivity index (χ0) is 23.2. The molecule has 0 amide bonds. The second kappa shape index (κ2) is 7.79. The third kappa shape index (κ3) is 4.52. The Morgan fingerprint density at radius 1 is 1.29 bits per heavy atom. The fourth-order valence-electron chi connectivity index (χ4n) is 3.16. The largest absolute Gasteiger partial charge is 0.457 e. The molecule has 0 spiro atoms. The van der Waals surface area contributed by atoms with Crippen molar-refractivity contribution in [2.24, 2.45) is 0 Å². The number of nitrogens with zero attached hydrogens (tertiary/aromatic N) is 1. The fraction of sp³-hybridized carbons (Fsp3) is 0.222. The number of rotatable bonds is 5. The quantitative estimate of drug-likeness (QED) is 0.388. The molecule has 2 aromatic rings. The summed E-state index contributed by atoms with van der Waals surface area (Å²) in [5, 5.41) is 19.0. The van der Waals surface area contributed by atoms with Gasteiger partial charge >= 0.3 is 0 Å². The highest BCUT2D eigenvalue weighted by Gasteiger charge is 2.50. The van der Waals surface area contributed by atoms with Crippen molar-refractivity contribution in [1.29, 1.82) is 5.26 Å². The Morgan fingerprint density at radius 3 is 2.55 bits per heavy atom. The summed E-state index contributed by atoms with van der Waals surface area (Å²) in [6.45, 7) is 0. The molecule has 0 fully saturated rings. The highest BCUT2D eigenvalue weighted by Crippen LogP contribution is 2.49. The molecule has 3 rings (SSSR count). The molecule has 0 aromatic heterocycles. The van der Waals surface area contributed by atoms with E-state index in [0.29, 0.717) is 6.26 Å². The van der Waals surface area contributed by atoms with Gasteiger partial charge in [-0.15, -0.1) is 4.13 Å². The van der Waals surface area contributed by atoms with E-state index in [9.17, 15) is 35.3 Å². The molecule has 0 saturated carbocycles. The van der Waals surface area contributed by atoms with Crippen molar-refractivity contribution in [2.75, 3.05) is 6.26 Å². The van der Waals surface area contributed by atoms with Crippen LogP contribution in [0.25, 0.3) is 0 Å². The highest BCUT2D eigenvalue weighted by molar-refractivity contribution is 8.09. The van der Waals surface area contributed by atoms with Gasteiger partial charge in [0.2, 0.25) is 10.0 Å². The minimum atomic E-state index is -4.36. The molecule has 1 aliphatic rings. The minimum Gasteiger partial charge on any atom is -0.457 e. The summed E-state index contributed by atoms with van der Waals surface area (Å²) in [5.74, 6) is -5.12. The van der Waals surface area contributed by atoms with Crippen molar-refractivity contribution in [3.8, 4) is 17.6 Å². The number of nitriles is 1. The van der Waals surface area contributed by atoms with Crippen molar-refractivity contribution < 1.29 is 40.0 Å². The van der Waals surface area contributed by atoms with Crippen molar-refractivity contribution in [3.63, 3.8) is 0 Å². The van der Waals surface area contributed by atoms with E-state index in [4.69, 9.17) is 10.00 Å². The summed E-state index contributed by atoms with van der Waals surface area (Å²) in [7, 11) is -8.61. The van der Waals surface area contributed by atoms with E-state index < -0.39 is 60.1 Å². The molecule has 166 valence electrons. The molecule has 0 bridgehead atoms. The molecule has 13 heteroatoms. The van der Waals surface area contributed by atoms with Crippen molar-refractivity contribution >= 4 is 25.4 Å². The zero-order valence-corrected chi connectivity index (χ0v) is 17.2. The van der Waals surface area contributed by atoms with Crippen LogP contribution in [0.5, 0.6) is 11.5 Å². The van der Waals surface area contributed by atoms with E-state index >= 15 is 0 Å². The Kier molecular flexibility index (Phi) is 5.78. The molecule has 0 heterocycles. The molecular weight excluding hydrogens is 464 g/mol. The summed E-state index contributed by atoms with van der Waals surface area (Å²) in [6.07, 6.45) is -3.05.